The molecule has 0 aromatic rings. The highest BCUT2D eigenvalue weighted by molar-refractivity contribution is 5.90. The van der Waals surface area contributed by atoms with Crippen LogP contribution in [0.15, 0.2) is 0 Å². The van der Waals surface area contributed by atoms with E-state index in [2.05, 4.69) is 4.84 Å². The molecule has 1 aliphatic heterocycles. The summed E-state index contributed by atoms with van der Waals surface area (Å²) in [5, 5.41) is 9.01. The normalized spacial score (nSPS) is 21.9. The first-order valence-electron chi connectivity index (χ1n) is 2.92. The van der Waals surface area contributed by atoms with Crippen molar-refractivity contribution in [3.63, 3.8) is 0 Å². The van der Waals surface area contributed by atoms with Gasteiger partial charge >= 0.3 is 18.3 Å². The molecule has 0 bridgehead atoms. The number of imide groups is 1. The maximum absolute atomic E-state index is 10.7. The van der Waals surface area contributed by atoms with Crippen molar-refractivity contribution in [2.75, 3.05) is 0 Å². The third-order valence-electron chi connectivity index (χ3n) is 1.42. The van der Waals surface area contributed by atoms with Crippen molar-refractivity contribution in [1.82, 2.24) is 0 Å². The average molecular weight is 160 g/mol. The van der Waals surface area contributed by atoms with Crippen molar-refractivity contribution in [3.05, 3.63) is 0 Å². The number of carbonyl (C=O) groups is 3. The highest BCUT2D eigenvalue weighted by Crippen LogP contribution is 2.19. The second-order valence-electron chi connectivity index (χ2n) is 2.07. The molecule has 0 radical (unpaired) electrons. The van der Waals surface area contributed by atoms with Gasteiger partial charge in [-0.15, -0.1) is 0 Å². The van der Waals surface area contributed by atoms with Gasteiger partial charge in [0.05, 0.1) is 12.8 Å². The summed E-state index contributed by atoms with van der Waals surface area (Å²) in [5.74, 6) is -1.63. The molecular formula is C5H6NO5+. The van der Waals surface area contributed by atoms with Crippen LogP contribution < -0.4 is 0 Å². The number of hydroxylamine groups is 4. The molecule has 11 heavy (non-hydrogen) atoms. The highest BCUT2D eigenvalue weighted by Gasteiger charge is 2.54. The van der Waals surface area contributed by atoms with Gasteiger partial charge in [-0.25, -0.2) is 19.2 Å². The van der Waals surface area contributed by atoms with Crippen molar-refractivity contribution >= 4 is 18.3 Å². The van der Waals surface area contributed by atoms with Gasteiger partial charge in [-0.3, -0.25) is 0 Å². The molecule has 6 nitrogen and oxygen atoms in total. The molecule has 0 spiro atoms. The van der Waals surface area contributed by atoms with Crippen molar-refractivity contribution < 1.29 is 29.2 Å². The maximum Gasteiger partial charge on any atom is 0.397 e. The molecule has 0 aromatic carbocycles. The van der Waals surface area contributed by atoms with E-state index in [0.717, 1.165) is 0 Å². The van der Waals surface area contributed by atoms with Gasteiger partial charge in [0.15, 0.2) is 0 Å². The van der Waals surface area contributed by atoms with Crippen LogP contribution in [0.1, 0.15) is 12.8 Å². The van der Waals surface area contributed by atoms with Crippen LogP contribution in [-0.4, -0.2) is 28.3 Å². The molecule has 1 N–H and O–H groups in total. The first-order valence-corrected chi connectivity index (χ1v) is 2.92. The standard InChI is InChI=1S/C5H6NO5/c7-3-11-6(10)4(8)1-2-5(6)9/h3,10H,1-2H2/q+1. The quantitative estimate of drug-likeness (QED) is 0.246. The van der Waals surface area contributed by atoms with Crippen LogP contribution in [0, 0.1) is 0 Å². The van der Waals surface area contributed by atoms with E-state index >= 15 is 0 Å². The highest BCUT2D eigenvalue weighted by atomic mass is 16.9. The molecule has 1 heterocycles. The fraction of sp³-hybridized carbons (Fsp3) is 0.400. The van der Waals surface area contributed by atoms with E-state index in [1.807, 2.05) is 0 Å². The molecule has 0 unspecified atom stereocenters. The van der Waals surface area contributed by atoms with Gasteiger partial charge in [0.25, 0.3) is 0 Å². The molecule has 0 atom stereocenters. The van der Waals surface area contributed by atoms with Crippen LogP contribution >= 0.6 is 0 Å². The average Bonchev–Trinajstić information content (AvgIpc) is 2.19. The zero-order valence-electron chi connectivity index (χ0n) is 5.52. The lowest BCUT2D eigenvalue weighted by Crippen LogP contribution is -2.48. The van der Waals surface area contributed by atoms with E-state index in [1.54, 1.807) is 0 Å². The van der Waals surface area contributed by atoms with Gasteiger partial charge in [-0.2, -0.15) is 5.21 Å². The molecule has 60 valence electrons. The minimum absolute atomic E-state index is 0.0941. The molecule has 6 heteroatoms. The Morgan fingerprint density at radius 2 is 1.82 bits per heavy atom. The third-order valence-corrected chi connectivity index (χ3v) is 1.42. The molecule has 0 saturated carbocycles. The maximum atomic E-state index is 10.7. The molecule has 0 aliphatic carbocycles. The molecule has 0 aromatic heterocycles. The van der Waals surface area contributed by atoms with Crippen molar-refractivity contribution in [3.8, 4) is 0 Å². The number of hydrogen-bond acceptors (Lipinski definition) is 5. The van der Waals surface area contributed by atoms with Crippen LogP contribution in [0.3, 0.4) is 0 Å². The molecule has 2 amide bonds. The summed E-state index contributed by atoms with van der Waals surface area (Å²) < 4.78 is 0. The summed E-state index contributed by atoms with van der Waals surface area (Å²) in [7, 11) is 0. The lowest BCUT2D eigenvalue weighted by Gasteiger charge is -2.11. The van der Waals surface area contributed by atoms with Crippen LogP contribution in [0.5, 0.6) is 0 Å². The third kappa shape index (κ3) is 1.02. The minimum Gasteiger partial charge on any atom is -0.249 e. The second-order valence-corrected chi connectivity index (χ2v) is 2.07. The van der Waals surface area contributed by atoms with Crippen LogP contribution in [0.4, 0.5) is 0 Å². The Morgan fingerprint density at radius 1 is 1.36 bits per heavy atom. The van der Waals surface area contributed by atoms with Crippen LogP contribution in [0.2, 0.25) is 0 Å². The van der Waals surface area contributed by atoms with Gasteiger partial charge in [0.1, 0.15) is 4.81 Å². The number of quaternary nitrogens is 1. The molecule has 1 rings (SSSR count). The van der Waals surface area contributed by atoms with Crippen molar-refractivity contribution in [2.24, 2.45) is 0 Å². The van der Waals surface area contributed by atoms with Gasteiger partial charge in [0, 0.05) is 0 Å². The number of carbonyl (C=O) groups excluding carboxylic acids is 3. The Morgan fingerprint density at radius 3 is 2.18 bits per heavy atom. The Kier molecular flexibility index (Phi) is 1.71. The zero-order valence-corrected chi connectivity index (χ0v) is 5.52. The summed E-state index contributed by atoms with van der Waals surface area (Å²) in [6.07, 6.45) is -0.188. The Labute approximate surface area is 61.5 Å². The fourth-order valence-corrected chi connectivity index (χ4v) is 0.836. The zero-order chi connectivity index (χ0) is 8.48. The van der Waals surface area contributed by atoms with Gasteiger partial charge in [-0.05, 0) is 0 Å². The van der Waals surface area contributed by atoms with E-state index in [1.165, 1.54) is 0 Å². The number of amides is 2. The molecule has 1 fully saturated rings. The summed E-state index contributed by atoms with van der Waals surface area (Å²) in [6, 6.07) is 0. The number of hydrogen-bond donors (Lipinski definition) is 1. The van der Waals surface area contributed by atoms with E-state index in [9.17, 15) is 14.4 Å². The number of nitrogens with zero attached hydrogens (tertiary/aromatic N) is 1. The van der Waals surface area contributed by atoms with Crippen LogP contribution in [0.25, 0.3) is 0 Å². The molecule has 1 aliphatic rings. The predicted molar refractivity (Wildman–Crippen MR) is 28.4 cm³/mol. The van der Waals surface area contributed by atoms with E-state index < -0.39 is 16.6 Å². The number of rotatable bonds is 2. The van der Waals surface area contributed by atoms with Gasteiger partial charge in [-0.1, -0.05) is 0 Å². The monoisotopic (exact) mass is 160 g/mol. The largest absolute Gasteiger partial charge is 0.397 e. The van der Waals surface area contributed by atoms with Gasteiger partial charge < -0.3 is 0 Å². The van der Waals surface area contributed by atoms with E-state index in [-0.39, 0.29) is 19.3 Å². The smallest absolute Gasteiger partial charge is 0.249 e. The van der Waals surface area contributed by atoms with Crippen molar-refractivity contribution in [2.45, 2.75) is 12.8 Å². The Hall–Kier alpha value is -1.27. The van der Waals surface area contributed by atoms with E-state index in [4.69, 9.17) is 5.21 Å². The summed E-state index contributed by atoms with van der Waals surface area (Å²) >= 11 is 0. The van der Waals surface area contributed by atoms with Crippen LogP contribution in [-0.2, 0) is 19.2 Å². The van der Waals surface area contributed by atoms with Crippen molar-refractivity contribution in [1.29, 1.82) is 0 Å². The first-order chi connectivity index (χ1) is 5.11. The molecular weight excluding hydrogens is 154 g/mol. The Balaban J connectivity index is 2.88. The lowest BCUT2D eigenvalue weighted by molar-refractivity contribution is -1.11. The van der Waals surface area contributed by atoms with Gasteiger partial charge in [0.2, 0.25) is 0 Å². The SMILES string of the molecule is O=CO[N+]1(O)C(=O)CCC1=O. The predicted octanol–water partition coefficient (Wildman–Crippen LogP) is -0.873. The minimum atomic E-state index is -1.83. The summed E-state index contributed by atoms with van der Waals surface area (Å²) in [6.45, 7) is -0.138. The summed E-state index contributed by atoms with van der Waals surface area (Å²) in [4.78, 5) is 33.3. The Bertz CT molecular complexity index is 207. The second kappa shape index (κ2) is 2.40. The lowest BCUT2D eigenvalue weighted by atomic mass is 10.4. The fourth-order valence-electron chi connectivity index (χ4n) is 0.836. The summed E-state index contributed by atoms with van der Waals surface area (Å²) in [5.41, 5.74) is 0. The van der Waals surface area contributed by atoms with E-state index in [0.29, 0.717) is 0 Å². The molecule has 1 saturated heterocycles. The first kappa shape index (κ1) is 7.83. The topological polar surface area (TPSA) is 80.7 Å².